The van der Waals surface area contributed by atoms with Crippen LogP contribution in [-0.4, -0.2) is 36.0 Å². The number of benzene rings is 1. The number of nitrogens with one attached hydrogen (secondary N) is 2. The molecule has 1 aromatic carbocycles. The third-order valence-electron chi connectivity index (χ3n) is 5.43. The van der Waals surface area contributed by atoms with Gasteiger partial charge in [0.15, 0.2) is 0 Å². The molecule has 3 amide bonds. The molecule has 2 N–H and O–H groups in total. The van der Waals surface area contributed by atoms with Gasteiger partial charge in [-0.3, -0.25) is 4.79 Å². The summed E-state index contributed by atoms with van der Waals surface area (Å²) in [6.07, 6.45) is 8.59. The summed E-state index contributed by atoms with van der Waals surface area (Å²) in [6, 6.07) is 9.65. The van der Waals surface area contributed by atoms with Crippen LogP contribution in [0.25, 0.3) is 0 Å². The fourth-order valence-corrected chi connectivity index (χ4v) is 3.89. The van der Waals surface area contributed by atoms with Gasteiger partial charge in [-0.05, 0) is 37.3 Å². The third-order valence-corrected chi connectivity index (χ3v) is 5.43. The van der Waals surface area contributed by atoms with Crippen molar-refractivity contribution in [2.24, 2.45) is 5.92 Å². The molecule has 0 aromatic heterocycles. The number of para-hydroxylation sites is 1. The number of carbonyl (C=O) groups excluding carboxylic acids is 2. The van der Waals surface area contributed by atoms with Crippen LogP contribution >= 0.6 is 0 Å². The largest absolute Gasteiger partial charge is 0.353 e. The maximum absolute atomic E-state index is 12.3. The van der Waals surface area contributed by atoms with E-state index in [1.165, 1.54) is 25.7 Å². The lowest BCUT2D eigenvalue weighted by molar-refractivity contribution is -0.122. The van der Waals surface area contributed by atoms with E-state index in [9.17, 15) is 9.59 Å². The maximum Gasteiger partial charge on any atom is 0.321 e. The van der Waals surface area contributed by atoms with E-state index >= 15 is 0 Å². The van der Waals surface area contributed by atoms with Crippen molar-refractivity contribution in [1.82, 2.24) is 10.2 Å². The Morgan fingerprint density at radius 3 is 2.36 bits per heavy atom. The lowest BCUT2D eigenvalue weighted by atomic mass is 10.0. The van der Waals surface area contributed by atoms with Crippen molar-refractivity contribution >= 4 is 17.6 Å². The van der Waals surface area contributed by atoms with Crippen LogP contribution in [0.3, 0.4) is 0 Å². The van der Waals surface area contributed by atoms with E-state index in [0.717, 1.165) is 30.9 Å². The molecule has 1 saturated carbocycles. The smallest absolute Gasteiger partial charge is 0.321 e. The first-order valence-electron chi connectivity index (χ1n) is 9.61. The summed E-state index contributed by atoms with van der Waals surface area (Å²) < 4.78 is 0. The molecular weight excluding hydrogens is 314 g/mol. The number of hydrogen-bond acceptors (Lipinski definition) is 2. The molecule has 5 heteroatoms. The predicted molar refractivity (Wildman–Crippen MR) is 99.4 cm³/mol. The average Bonchev–Trinajstić information content (AvgIpc) is 3.15. The van der Waals surface area contributed by atoms with Crippen LogP contribution in [0, 0.1) is 5.92 Å². The Morgan fingerprint density at radius 1 is 1.00 bits per heavy atom. The zero-order valence-electron chi connectivity index (χ0n) is 14.9. The molecule has 0 atom stereocenters. The number of urea groups is 1. The highest BCUT2D eigenvalue weighted by molar-refractivity contribution is 5.89. The number of hydrogen-bond donors (Lipinski definition) is 2. The van der Waals surface area contributed by atoms with Crippen LogP contribution < -0.4 is 10.6 Å². The molecule has 3 rings (SSSR count). The van der Waals surface area contributed by atoms with Crippen molar-refractivity contribution in [3.8, 4) is 0 Å². The molecule has 1 aliphatic heterocycles. The monoisotopic (exact) mass is 343 g/mol. The molecule has 1 saturated heterocycles. The standard InChI is InChI=1S/C20H29N3O2/c24-19(11-10-16-6-4-5-7-16)21-18-12-14-23(15-13-18)20(25)22-17-8-2-1-3-9-17/h1-3,8-9,16,18H,4-7,10-15H2,(H,21,24)(H,22,25). The van der Waals surface area contributed by atoms with Crippen molar-refractivity contribution in [2.45, 2.75) is 57.4 Å². The molecule has 25 heavy (non-hydrogen) atoms. The molecule has 0 spiro atoms. The normalized spacial score (nSPS) is 19.0. The molecule has 5 nitrogen and oxygen atoms in total. The van der Waals surface area contributed by atoms with Crippen LogP contribution in [-0.2, 0) is 4.79 Å². The quantitative estimate of drug-likeness (QED) is 0.855. The molecule has 1 heterocycles. The molecule has 136 valence electrons. The second kappa shape index (κ2) is 8.88. The summed E-state index contributed by atoms with van der Waals surface area (Å²) in [5.41, 5.74) is 0.815. The van der Waals surface area contributed by atoms with E-state index in [1.54, 1.807) is 0 Å². The summed E-state index contributed by atoms with van der Waals surface area (Å²) in [7, 11) is 0. The highest BCUT2D eigenvalue weighted by Crippen LogP contribution is 2.28. The topological polar surface area (TPSA) is 61.4 Å². The minimum atomic E-state index is -0.0581. The van der Waals surface area contributed by atoms with Gasteiger partial charge in [0.05, 0.1) is 0 Å². The first kappa shape index (κ1) is 17.8. The van der Waals surface area contributed by atoms with Crippen molar-refractivity contribution in [2.75, 3.05) is 18.4 Å². The van der Waals surface area contributed by atoms with Crippen LogP contribution in [0.5, 0.6) is 0 Å². The lowest BCUT2D eigenvalue weighted by Gasteiger charge is -2.32. The molecule has 1 aromatic rings. The highest BCUT2D eigenvalue weighted by Gasteiger charge is 2.24. The van der Waals surface area contributed by atoms with E-state index < -0.39 is 0 Å². The Kier molecular flexibility index (Phi) is 6.31. The van der Waals surface area contributed by atoms with Gasteiger partial charge in [-0.1, -0.05) is 43.9 Å². The first-order valence-corrected chi connectivity index (χ1v) is 9.61. The average molecular weight is 343 g/mol. The van der Waals surface area contributed by atoms with Crippen molar-refractivity contribution in [3.63, 3.8) is 0 Å². The molecule has 2 aliphatic rings. The summed E-state index contributed by atoms with van der Waals surface area (Å²) in [6.45, 7) is 1.37. The van der Waals surface area contributed by atoms with Gasteiger partial charge in [0.1, 0.15) is 0 Å². The number of anilines is 1. The van der Waals surface area contributed by atoms with Crippen LogP contribution in [0.1, 0.15) is 51.4 Å². The molecule has 2 fully saturated rings. The van der Waals surface area contributed by atoms with Gasteiger partial charge in [-0.2, -0.15) is 0 Å². The number of nitrogens with zero attached hydrogens (tertiary/aromatic N) is 1. The first-order chi connectivity index (χ1) is 12.2. The van der Waals surface area contributed by atoms with Gasteiger partial charge in [0.2, 0.25) is 5.91 Å². The second-order valence-corrected chi connectivity index (χ2v) is 7.31. The van der Waals surface area contributed by atoms with Gasteiger partial charge in [-0.15, -0.1) is 0 Å². The zero-order chi connectivity index (χ0) is 17.5. The fraction of sp³-hybridized carbons (Fsp3) is 0.600. The third kappa shape index (κ3) is 5.48. The van der Waals surface area contributed by atoms with E-state index in [-0.39, 0.29) is 18.0 Å². The zero-order valence-corrected chi connectivity index (χ0v) is 14.9. The SMILES string of the molecule is O=C(CCC1CCCC1)NC1CCN(C(=O)Nc2ccccc2)CC1. The van der Waals surface area contributed by atoms with Gasteiger partial charge in [0, 0.05) is 31.2 Å². The summed E-state index contributed by atoms with van der Waals surface area (Å²) >= 11 is 0. The number of rotatable bonds is 5. The Hall–Kier alpha value is -2.04. The summed E-state index contributed by atoms with van der Waals surface area (Å²) in [4.78, 5) is 26.2. The van der Waals surface area contributed by atoms with E-state index in [4.69, 9.17) is 0 Å². The Labute approximate surface area is 150 Å². The van der Waals surface area contributed by atoms with Gasteiger partial charge in [0.25, 0.3) is 0 Å². The number of piperidine rings is 1. The molecule has 0 radical (unpaired) electrons. The van der Waals surface area contributed by atoms with Crippen molar-refractivity contribution in [1.29, 1.82) is 0 Å². The molecule has 0 bridgehead atoms. The maximum atomic E-state index is 12.3. The summed E-state index contributed by atoms with van der Waals surface area (Å²) in [5, 5.41) is 6.07. The van der Waals surface area contributed by atoms with Crippen LogP contribution in [0.4, 0.5) is 10.5 Å². The fourth-order valence-electron chi connectivity index (χ4n) is 3.89. The second-order valence-electron chi connectivity index (χ2n) is 7.31. The Balaban J connectivity index is 1.35. The summed E-state index contributed by atoms with van der Waals surface area (Å²) in [5.74, 6) is 0.938. The van der Waals surface area contributed by atoms with Crippen LogP contribution in [0.15, 0.2) is 30.3 Å². The molecule has 0 unspecified atom stereocenters. The minimum absolute atomic E-state index is 0.0581. The van der Waals surface area contributed by atoms with Gasteiger partial charge >= 0.3 is 6.03 Å². The van der Waals surface area contributed by atoms with Gasteiger partial charge < -0.3 is 15.5 Å². The van der Waals surface area contributed by atoms with E-state index in [2.05, 4.69) is 10.6 Å². The molecule has 1 aliphatic carbocycles. The lowest BCUT2D eigenvalue weighted by Crippen LogP contribution is -2.47. The molecular formula is C20H29N3O2. The minimum Gasteiger partial charge on any atom is -0.353 e. The number of carbonyl (C=O) groups is 2. The van der Waals surface area contributed by atoms with E-state index in [0.29, 0.717) is 19.5 Å². The van der Waals surface area contributed by atoms with Crippen LogP contribution in [0.2, 0.25) is 0 Å². The number of amides is 3. The number of likely N-dealkylation sites (tertiary alicyclic amines) is 1. The Bertz CT molecular complexity index is 562. The van der Waals surface area contributed by atoms with Crippen molar-refractivity contribution in [3.05, 3.63) is 30.3 Å². The predicted octanol–water partition coefficient (Wildman–Crippen LogP) is 3.77. The Morgan fingerprint density at radius 2 is 1.68 bits per heavy atom. The highest BCUT2D eigenvalue weighted by atomic mass is 16.2. The van der Waals surface area contributed by atoms with Gasteiger partial charge in [-0.25, -0.2) is 4.79 Å². The van der Waals surface area contributed by atoms with Crippen molar-refractivity contribution < 1.29 is 9.59 Å². The van der Waals surface area contributed by atoms with E-state index in [1.807, 2.05) is 35.2 Å².